The van der Waals surface area contributed by atoms with E-state index in [0.717, 1.165) is 11.9 Å². The second-order valence-corrected chi connectivity index (χ2v) is 12.3. The standard InChI is InChI=1S/C28H24F2N8O2S/c1-38(2)19-9-17(10-31-11-19)25-24(30)23-21(14-33-25)36-37-27(23)28-34-22-13-32-12-20(26(22)35-28)16-6-15(7-18(29)8-16)4-5-41(3,39)40/h6-14H,4-5H2,1-3H3,(H,34,35)(H,36,37). The molecule has 0 fully saturated rings. The summed E-state index contributed by atoms with van der Waals surface area (Å²) in [5, 5.41) is 7.34. The predicted octanol–water partition coefficient (Wildman–Crippen LogP) is 4.56. The second-order valence-electron chi connectivity index (χ2n) is 10.0. The average Bonchev–Trinajstić information content (AvgIpc) is 3.56. The molecule has 5 aromatic heterocycles. The van der Waals surface area contributed by atoms with Crippen molar-refractivity contribution in [3.8, 4) is 33.9 Å². The van der Waals surface area contributed by atoms with E-state index in [2.05, 4.69) is 30.1 Å². The van der Waals surface area contributed by atoms with Crippen LogP contribution in [-0.4, -0.2) is 69.6 Å². The molecule has 0 radical (unpaired) electrons. The molecule has 0 aliphatic rings. The summed E-state index contributed by atoms with van der Waals surface area (Å²) < 4.78 is 53.8. The third kappa shape index (κ3) is 5.11. The third-order valence-corrected chi connectivity index (χ3v) is 7.65. The minimum absolute atomic E-state index is 0.102. The number of aryl methyl sites for hydroxylation is 1. The van der Waals surface area contributed by atoms with Crippen LogP contribution >= 0.6 is 0 Å². The number of imidazole rings is 1. The summed E-state index contributed by atoms with van der Waals surface area (Å²) in [5.41, 5.74) is 4.62. The summed E-state index contributed by atoms with van der Waals surface area (Å²) in [6.45, 7) is 0. The number of hydrogen-bond acceptors (Lipinski definition) is 8. The summed E-state index contributed by atoms with van der Waals surface area (Å²) >= 11 is 0. The SMILES string of the molecule is CN(C)c1cncc(-c2ncc3[nH]nc(-c4nc5c(-c6cc(F)cc(CCS(C)(=O)=O)c6)cncc5[nH]4)c3c2F)c1. The number of halogens is 2. The molecule has 13 heteroatoms. The lowest BCUT2D eigenvalue weighted by Gasteiger charge is -2.13. The van der Waals surface area contributed by atoms with E-state index in [0.29, 0.717) is 38.8 Å². The Morgan fingerprint density at radius 3 is 2.49 bits per heavy atom. The minimum Gasteiger partial charge on any atom is -0.376 e. The van der Waals surface area contributed by atoms with E-state index in [1.54, 1.807) is 36.9 Å². The fraction of sp³-hybridized carbons (Fsp3) is 0.179. The van der Waals surface area contributed by atoms with Gasteiger partial charge in [0.1, 0.15) is 27.0 Å². The lowest BCUT2D eigenvalue weighted by atomic mass is 10.0. The zero-order valence-electron chi connectivity index (χ0n) is 22.3. The van der Waals surface area contributed by atoms with Crippen molar-refractivity contribution in [1.82, 2.24) is 35.1 Å². The molecule has 0 unspecified atom stereocenters. The number of sulfone groups is 1. The first-order valence-electron chi connectivity index (χ1n) is 12.5. The van der Waals surface area contributed by atoms with Crippen molar-refractivity contribution in [3.05, 3.63) is 72.4 Å². The molecule has 0 bridgehead atoms. The number of nitrogens with one attached hydrogen (secondary N) is 2. The van der Waals surface area contributed by atoms with E-state index in [1.165, 1.54) is 18.3 Å². The number of pyridine rings is 3. The van der Waals surface area contributed by atoms with Crippen molar-refractivity contribution in [2.45, 2.75) is 6.42 Å². The molecule has 10 nitrogen and oxygen atoms in total. The molecule has 0 aliphatic heterocycles. The van der Waals surface area contributed by atoms with Crippen molar-refractivity contribution in [3.63, 3.8) is 0 Å². The Balaban J connectivity index is 1.45. The number of fused-ring (bicyclic) bond motifs is 2. The third-order valence-electron chi connectivity index (χ3n) is 6.71. The molecule has 6 aromatic rings. The lowest BCUT2D eigenvalue weighted by Crippen LogP contribution is -2.09. The maximum Gasteiger partial charge on any atom is 0.161 e. The average molecular weight is 575 g/mol. The van der Waals surface area contributed by atoms with Gasteiger partial charge in [-0.1, -0.05) is 6.07 Å². The quantitative estimate of drug-likeness (QED) is 0.284. The van der Waals surface area contributed by atoms with Crippen LogP contribution in [0.3, 0.4) is 0 Å². The van der Waals surface area contributed by atoms with Gasteiger partial charge in [0.05, 0.1) is 52.0 Å². The van der Waals surface area contributed by atoms with Crippen molar-refractivity contribution >= 4 is 37.5 Å². The van der Waals surface area contributed by atoms with Gasteiger partial charge in [0.2, 0.25) is 0 Å². The zero-order valence-corrected chi connectivity index (χ0v) is 23.1. The van der Waals surface area contributed by atoms with Gasteiger partial charge in [-0.3, -0.25) is 20.1 Å². The first kappa shape index (κ1) is 26.4. The maximum atomic E-state index is 16.0. The highest BCUT2D eigenvalue weighted by Crippen LogP contribution is 2.35. The number of H-pyrrole nitrogens is 2. The number of anilines is 1. The maximum absolute atomic E-state index is 16.0. The largest absolute Gasteiger partial charge is 0.376 e. The Hall–Kier alpha value is -4.78. The van der Waals surface area contributed by atoms with Crippen LogP contribution in [0.4, 0.5) is 14.5 Å². The molecule has 0 atom stereocenters. The van der Waals surface area contributed by atoms with Crippen LogP contribution in [-0.2, 0) is 16.3 Å². The van der Waals surface area contributed by atoms with Gasteiger partial charge in [0, 0.05) is 43.9 Å². The molecule has 2 N–H and O–H groups in total. The Labute approximate surface area is 233 Å². The van der Waals surface area contributed by atoms with Crippen molar-refractivity contribution in [2.75, 3.05) is 31.0 Å². The van der Waals surface area contributed by atoms with E-state index < -0.39 is 21.5 Å². The van der Waals surface area contributed by atoms with Gasteiger partial charge >= 0.3 is 0 Å². The van der Waals surface area contributed by atoms with E-state index in [9.17, 15) is 12.8 Å². The molecule has 1 aromatic carbocycles. The smallest absolute Gasteiger partial charge is 0.161 e. The van der Waals surface area contributed by atoms with Gasteiger partial charge in [-0.05, 0) is 35.7 Å². The molecule has 0 aliphatic carbocycles. The fourth-order valence-electron chi connectivity index (χ4n) is 4.66. The first-order valence-corrected chi connectivity index (χ1v) is 14.6. The van der Waals surface area contributed by atoms with Crippen LogP contribution in [0.25, 0.3) is 55.8 Å². The molecule has 5 heterocycles. The van der Waals surface area contributed by atoms with Crippen LogP contribution in [0.2, 0.25) is 0 Å². The summed E-state index contributed by atoms with van der Waals surface area (Å²) in [6.07, 6.45) is 9.16. The summed E-state index contributed by atoms with van der Waals surface area (Å²) in [6, 6.07) is 6.17. The highest BCUT2D eigenvalue weighted by Gasteiger charge is 2.22. The van der Waals surface area contributed by atoms with Crippen LogP contribution in [0.5, 0.6) is 0 Å². The molecular weight excluding hydrogens is 550 g/mol. The van der Waals surface area contributed by atoms with Gasteiger partial charge < -0.3 is 9.88 Å². The Bertz CT molecular complexity index is 2050. The van der Waals surface area contributed by atoms with E-state index in [4.69, 9.17) is 4.98 Å². The molecule has 208 valence electrons. The second kappa shape index (κ2) is 10.0. The number of hydrogen-bond donors (Lipinski definition) is 2. The van der Waals surface area contributed by atoms with E-state index in [1.807, 2.05) is 19.0 Å². The number of nitrogens with zero attached hydrogens (tertiary/aromatic N) is 6. The minimum atomic E-state index is -3.22. The van der Waals surface area contributed by atoms with Crippen LogP contribution < -0.4 is 4.90 Å². The predicted molar refractivity (Wildman–Crippen MR) is 153 cm³/mol. The summed E-state index contributed by atoms with van der Waals surface area (Å²) in [5.74, 6) is -0.907. The van der Waals surface area contributed by atoms with Gasteiger partial charge in [0.25, 0.3) is 0 Å². The van der Waals surface area contributed by atoms with E-state index >= 15 is 4.39 Å². The lowest BCUT2D eigenvalue weighted by molar-refractivity contribution is 0.600. The number of benzene rings is 1. The molecule has 41 heavy (non-hydrogen) atoms. The van der Waals surface area contributed by atoms with E-state index in [-0.39, 0.29) is 34.8 Å². The fourth-order valence-corrected chi connectivity index (χ4v) is 5.27. The molecule has 0 saturated heterocycles. The Morgan fingerprint density at radius 2 is 1.71 bits per heavy atom. The van der Waals surface area contributed by atoms with Gasteiger partial charge in [-0.25, -0.2) is 22.2 Å². The van der Waals surface area contributed by atoms with Gasteiger partial charge in [-0.2, -0.15) is 5.10 Å². The molecular formula is C28H24F2N8O2S. The highest BCUT2D eigenvalue weighted by atomic mass is 32.2. The monoisotopic (exact) mass is 574 g/mol. The summed E-state index contributed by atoms with van der Waals surface area (Å²) in [7, 11) is 0.516. The molecule has 0 amide bonds. The zero-order chi connectivity index (χ0) is 28.9. The van der Waals surface area contributed by atoms with Crippen molar-refractivity contribution in [2.24, 2.45) is 0 Å². The first-order chi connectivity index (χ1) is 19.6. The Kier molecular flexibility index (Phi) is 6.45. The molecule has 6 rings (SSSR count). The van der Waals surface area contributed by atoms with Crippen molar-refractivity contribution in [1.29, 1.82) is 0 Å². The van der Waals surface area contributed by atoms with Crippen molar-refractivity contribution < 1.29 is 17.2 Å². The highest BCUT2D eigenvalue weighted by molar-refractivity contribution is 7.90. The number of aromatic nitrogens is 7. The van der Waals surface area contributed by atoms with Gasteiger partial charge in [-0.15, -0.1) is 0 Å². The van der Waals surface area contributed by atoms with Crippen LogP contribution in [0.1, 0.15) is 5.56 Å². The normalized spacial score (nSPS) is 11.9. The number of aromatic amines is 2. The van der Waals surface area contributed by atoms with Crippen LogP contribution in [0.15, 0.2) is 55.2 Å². The Morgan fingerprint density at radius 1 is 0.902 bits per heavy atom. The molecule has 0 spiro atoms. The topological polar surface area (TPSA) is 133 Å². The van der Waals surface area contributed by atoms with Crippen LogP contribution in [0, 0.1) is 11.6 Å². The van der Waals surface area contributed by atoms with Gasteiger partial charge in [0.15, 0.2) is 11.6 Å². The number of rotatable bonds is 7. The molecule has 0 saturated carbocycles. The summed E-state index contributed by atoms with van der Waals surface area (Å²) in [4.78, 5) is 22.5.